The Bertz CT molecular complexity index is 789. The van der Waals surface area contributed by atoms with E-state index in [9.17, 15) is 4.79 Å². The largest absolute Gasteiger partial charge is 0.484 e. The maximum Gasteiger partial charge on any atom is 0.262 e. The van der Waals surface area contributed by atoms with Crippen LogP contribution in [-0.2, 0) is 9.53 Å². The predicted octanol–water partition coefficient (Wildman–Crippen LogP) is 3.81. The Morgan fingerprint density at radius 3 is 2.62 bits per heavy atom. The minimum absolute atomic E-state index is 0.0503. The van der Waals surface area contributed by atoms with Gasteiger partial charge in [0, 0.05) is 18.8 Å². The lowest BCUT2D eigenvalue weighted by atomic mass is 10.1. The van der Waals surface area contributed by atoms with Gasteiger partial charge in [0.2, 0.25) is 0 Å². The Morgan fingerprint density at radius 2 is 1.92 bits per heavy atom. The van der Waals surface area contributed by atoms with E-state index in [2.05, 4.69) is 10.2 Å². The first-order valence-corrected chi connectivity index (χ1v) is 9.03. The molecule has 3 rings (SSSR count). The number of nitrogens with one attached hydrogen (secondary N) is 1. The van der Waals surface area contributed by atoms with E-state index in [0.717, 1.165) is 24.3 Å². The molecule has 2 aromatic carbocycles. The summed E-state index contributed by atoms with van der Waals surface area (Å²) in [4.78, 5) is 14.3. The zero-order valence-electron chi connectivity index (χ0n) is 15.0. The Kier molecular flexibility index (Phi) is 6.01. The number of benzene rings is 2. The van der Waals surface area contributed by atoms with Crippen molar-refractivity contribution in [2.75, 3.05) is 43.1 Å². The van der Waals surface area contributed by atoms with E-state index in [1.165, 1.54) is 5.56 Å². The van der Waals surface area contributed by atoms with Gasteiger partial charge in [-0.3, -0.25) is 4.79 Å². The monoisotopic (exact) mass is 374 g/mol. The first kappa shape index (κ1) is 18.5. The molecule has 5 nitrogen and oxygen atoms in total. The van der Waals surface area contributed by atoms with Crippen LogP contribution in [0.2, 0.25) is 5.02 Å². The number of ether oxygens (including phenoxy) is 2. The molecule has 0 aromatic heterocycles. The van der Waals surface area contributed by atoms with Gasteiger partial charge < -0.3 is 19.7 Å². The molecule has 1 fully saturated rings. The lowest BCUT2D eigenvalue weighted by molar-refractivity contribution is -0.118. The molecule has 0 atom stereocenters. The van der Waals surface area contributed by atoms with Gasteiger partial charge in [-0.1, -0.05) is 17.7 Å². The van der Waals surface area contributed by atoms with Gasteiger partial charge in [0.15, 0.2) is 6.61 Å². The Balaban J connectivity index is 1.56. The molecule has 2 aromatic rings. The average molecular weight is 375 g/mol. The zero-order valence-corrected chi connectivity index (χ0v) is 15.8. The van der Waals surface area contributed by atoms with Crippen molar-refractivity contribution in [1.82, 2.24) is 0 Å². The molecule has 1 heterocycles. The summed E-state index contributed by atoms with van der Waals surface area (Å²) < 4.78 is 10.9. The van der Waals surface area contributed by atoms with Crippen LogP contribution < -0.4 is 15.0 Å². The summed E-state index contributed by atoms with van der Waals surface area (Å²) in [6, 6.07) is 11.3. The van der Waals surface area contributed by atoms with Crippen molar-refractivity contribution in [2.45, 2.75) is 13.8 Å². The molecule has 1 amide bonds. The van der Waals surface area contributed by atoms with E-state index in [1.54, 1.807) is 6.07 Å². The van der Waals surface area contributed by atoms with Crippen molar-refractivity contribution < 1.29 is 14.3 Å². The molecule has 1 aliphatic rings. The molecule has 1 aliphatic heterocycles. The number of carbonyl (C=O) groups excluding carboxylic acids is 1. The van der Waals surface area contributed by atoms with Gasteiger partial charge in [-0.05, 0) is 55.3 Å². The van der Waals surface area contributed by atoms with Crippen LogP contribution in [-0.4, -0.2) is 38.8 Å². The van der Waals surface area contributed by atoms with Crippen LogP contribution in [0.3, 0.4) is 0 Å². The van der Waals surface area contributed by atoms with Crippen LogP contribution in [0.25, 0.3) is 0 Å². The fourth-order valence-corrected chi connectivity index (χ4v) is 3.10. The first-order chi connectivity index (χ1) is 12.5. The number of carbonyl (C=O) groups is 1. The van der Waals surface area contributed by atoms with Crippen LogP contribution in [0, 0.1) is 13.8 Å². The number of halogens is 1. The number of amides is 1. The Morgan fingerprint density at radius 1 is 1.15 bits per heavy atom. The van der Waals surface area contributed by atoms with E-state index in [1.807, 2.05) is 44.2 Å². The molecular formula is C20H23ClN2O3. The van der Waals surface area contributed by atoms with Gasteiger partial charge in [0.25, 0.3) is 5.91 Å². The summed E-state index contributed by atoms with van der Waals surface area (Å²) in [5.41, 5.74) is 3.94. The van der Waals surface area contributed by atoms with Gasteiger partial charge >= 0.3 is 0 Å². The van der Waals surface area contributed by atoms with E-state index in [-0.39, 0.29) is 12.5 Å². The minimum atomic E-state index is -0.224. The highest BCUT2D eigenvalue weighted by Gasteiger charge is 2.15. The normalized spacial score (nSPS) is 14.2. The van der Waals surface area contributed by atoms with Crippen molar-refractivity contribution in [1.29, 1.82) is 0 Å². The summed E-state index contributed by atoms with van der Waals surface area (Å²) in [5, 5.41) is 3.43. The molecule has 0 bridgehead atoms. The minimum Gasteiger partial charge on any atom is -0.484 e. The average Bonchev–Trinajstić information content (AvgIpc) is 2.63. The summed E-state index contributed by atoms with van der Waals surface area (Å²) >= 11 is 6.39. The lowest BCUT2D eigenvalue weighted by Crippen LogP contribution is -2.36. The maximum atomic E-state index is 12.1. The number of nitrogens with zero attached hydrogens (tertiary/aromatic N) is 1. The van der Waals surface area contributed by atoms with Gasteiger partial charge in [0.05, 0.1) is 23.9 Å². The topological polar surface area (TPSA) is 50.8 Å². The molecule has 0 saturated carbocycles. The van der Waals surface area contributed by atoms with Crippen molar-refractivity contribution >= 4 is 28.9 Å². The van der Waals surface area contributed by atoms with Crippen molar-refractivity contribution in [3.63, 3.8) is 0 Å². The SMILES string of the molecule is Cc1ccc(OCC(=O)Nc2ccc(N3CCOCC3)c(Cl)c2)cc1C. The van der Waals surface area contributed by atoms with Gasteiger partial charge in [-0.25, -0.2) is 0 Å². The number of anilines is 2. The van der Waals surface area contributed by atoms with E-state index in [4.69, 9.17) is 21.1 Å². The summed E-state index contributed by atoms with van der Waals surface area (Å²) in [5.74, 6) is 0.461. The molecule has 0 spiro atoms. The Labute approximate surface area is 158 Å². The molecular weight excluding hydrogens is 352 g/mol. The Hall–Kier alpha value is -2.24. The molecule has 1 saturated heterocycles. The predicted molar refractivity (Wildman–Crippen MR) is 105 cm³/mol. The van der Waals surface area contributed by atoms with E-state index >= 15 is 0 Å². The smallest absolute Gasteiger partial charge is 0.262 e. The molecule has 0 aliphatic carbocycles. The maximum absolute atomic E-state index is 12.1. The lowest BCUT2D eigenvalue weighted by Gasteiger charge is -2.29. The number of hydrogen-bond donors (Lipinski definition) is 1. The zero-order chi connectivity index (χ0) is 18.5. The van der Waals surface area contributed by atoms with Crippen LogP contribution in [0.15, 0.2) is 36.4 Å². The second kappa shape index (κ2) is 8.43. The van der Waals surface area contributed by atoms with E-state index in [0.29, 0.717) is 29.7 Å². The van der Waals surface area contributed by atoms with Crippen LogP contribution in [0.5, 0.6) is 5.75 Å². The second-order valence-electron chi connectivity index (χ2n) is 6.35. The standard InChI is InChI=1S/C20H23ClN2O3/c1-14-3-5-17(11-15(14)2)26-13-20(24)22-16-4-6-19(18(21)12-16)23-7-9-25-10-8-23/h3-6,11-12H,7-10,13H2,1-2H3,(H,22,24). The number of hydrogen-bond acceptors (Lipinski definition) is 4. The van der Waals surface area contributed by atoms with Crippen molar-refractivity contribution in [2.24, 2.45) is 0 Å². The first-order valence-electron chi connectivity index (χ1n) is 8.65. The number of morpholine rings is 1. The molecule has 26 heavy (non-hydrogen) atoms. The number of aryl methyl sites for hydroxylation is 2. The molecule has 0 radical (unpaired) electrons. The van der Waals surface area contributed by atoms with Crippen LogP contribution in [0.4, 0.5) is 11.4 Å². The fraction of sp³-hybridized carbons (Fsp3) is 0.350. The third kappa shape index (κ3) is 4.68. The van der Waals surface area contributed by atoms with Crippen molar-refractivity contribution in [3.8, 4) is 5.75 Å². The highest BCUT2D eigenvalue weighted by Crippen LogP contribution is 2.29. The summed E-state index contributed by atoms with van der Waals surface area (Å²) in [6.45, 7) is 7.03. The molecule has 138 valence electrons. The van der Waals surface area contributed by atoms with Gasteiger partial charge in [-0.2, -0.15) is 0 Å². The van der Waals surface area contributed by atoms with Crippen molar-refractivity contribution in [3.05, 3.63) is 52.5 Å². The quantitative estimate of drug-likeness (QED) is 0.864. The van der Waals surface area contributed by atoms with Gasteiger partial charge in [-0.15, -0.1) is 0 Å². The fourth-order valence-electron chi connectivity index (χ4n) is 2.80. The summed E-state index contributed by atoms with van der Waals surface area (Å²) in [7, 11) is 0. The van der Waals surface area contributed by atoms with E-state index < -0.39 is 0 Å². The second-order valence-corrected chi connectivity index (χ2v) is 6.76. The highest BCUT2D eigenvalue weighted by molar-refractivity contribution is 6.33. The van der Waals surface area contributed by atoms with Gasteiger partial charge in [0.1, 0.15) is 5.75 Å². The molecule has 1 N–H and O–H groups in total. The third-order valence-corrected chi connectivity index (χ3v) is 4.73. The van der Waals surface area contributed by atoms with Crippen LogP contribution in [0.1, 0.15) is 11.1 Å². The highest BCUT2D eigenvalue weighted by atomic mass is 35.5. The molecule has 6 heteroatoms. The number of rotatable bonds is 5. The molecule has 0 unspecified atom stereocenters. The van der Waals surface area contributed by atoms with Crippen LogP contribution >= 0.6 is 11.6 Å². The summed E-state index contributed by atoms with van der Waals surface area (Å²) in [6.07, 6.45) is 0. The third-order valence-electron chi connectivity index (χ3n) is 4.43.